The first kappa shape index (κ1) is 36.5. The van der Waals surface area contributed by atoms with Gasteiger partial charge in [0.25, 0.3) is 11.8 Å². The van der Waals surface area contributed by atoms with Gasteiger partial charge in [-0.1, -0.05) is 66.4 Å². The van der Waals surface area contributed by atoms with E-state index in [2.05, 4.69) is 37.8 Å². The van der Waals surface area contributed by atoms with Crippen molar-refractivity contribution < 1.29 is 24.0 Å². The summed E-state index contributed by atoms with van der Waals surface area (Å²) < 4.78 is 0. The smallest absolute Gasteiger partial charge is 0.289 e. The predicted molar refractivity (Wildman–Crippen MR) is 185 cm³/mol. The van der Waals surface area contributed by atoms with Crippen LogP contribution in [-0.4, -0.2) is 81.0 Å². The molecule has 12 heteroatoms. The van der Waals surface area contributed by atoms with Gasteiger partial charge in [0.1, 0.15) is 17.8 Å². The number of nitrogens with one attached hydrogen (secondary N) is 4. The van der Waals surface area contributed by atoms with Gasteiger partial charge < -0.3 is 26.2 Å². The number of fused-ring (bicyclic) bond motifs is 1. The number of ketones is 1. The van der Waals surface area contributed by atoms with Gasteiger partial charge in [0, 0.05) is 30.7 Å². The largest absolute Gasteiger partial charge is 0.377 e. The van der Waals surface area contributed by atoms with Gasteiger partial charge in [0.05, 0.1) is 18.3 Å². The van der Waals surface area contributed by atoms with Crippen LogP contribution in [0.2, 0.25) is 0 Å². The highest BCUT2D eigenvalue weighted by atomic mass is 16.2. The highest BCUT2D eigenvalue weighted by Crippen LogP contribution is 2.45. The molecule has 268 valence electrons. The van der Waals surface area contributed by atoms with E-state index in [1.165, 1.54) is 18.6 Å². The van der Waals surface area contributed by atoms with Crippen molar-refractivity contribution in [3.05, 3.63) is 36.6 Å². The van der Waals surface area contributed by atoms with Crippen molar-refractivity contribution in [3.8, 4) is 0 Å². The number of likely N-dealkylation sites (tertiary alicyclic amines) is 1. The Kier molecular flexibility index (Phi) is 11.8. The Morgan fingerprint density at radius 2 is 1.67 bits per heavy atom. The number of hydrogen-bond acceptors (Lipinski definition) is 8. The molecule has 1 aromatic heterocycles. The topological polar surface area (TPSA) is 162 Å². The Bertz CT molecular complexity index is 1380. The molecule has 2 heterocycles. The Morgan fingerprint density at radius 3 is 2.31 bits per heavy atom. The summed E-state index contributed by atoms with van der Waals surface area (Å²) in [7, 11) is 0. The van der Waals surface area contributed by atoms with Crippen molar-refractivity contribution in [2.75, 3.05) is 6.54 Å². The zero-order valence-electron chi connectivity index (χ0n) is 29.6. The van der Waals surface area contributed by atoms with Crippen LogP contribution in [0.4, 0.5) is 0 Å². The second-order valence-corrected chi connectivity index (χ2v) is 15.7. The van der Waals surface area contributed by atoms with Crippen LogP contribution in [0.3, 0.4) is 0 Å². The minimum absolute atomic E-state index is 0.0712. The predicted octanol–water partition coefficient (Wildman–Crippen LogP) is 3.43. The molecule has 4 fully saturated rings. The molecule has 4 aliphatic rings. The first-order valence-electron chi connectivity index (χ1n) is 18.4. The highest BCUT2D eigenvalue weighted by molar-refractivity contribution is 6.38. The first-order chi connectivity index (χ1) is 23.4. The minimum atomic E-state index is -0.883. The summed E-state index contributed by atoms with van der Waals surface area (Å²) in [6.07, 6.45) is 14.8. The molecule has 1 aliphatic heterocycles. The summed E-state index contributed by atoms with van der Waals surface area (Å²) in [5, 5.41) is 12.1. The number of nitrogens with zero attached hydrogens (tertiary/aromatic N) is 3. The summed E-state index contributed by atoms with van der Waals surface area (Å²) in [5.74, 6) is -1.79. The molecule has 49 heavy (non-hydrogen) atoms. The number of carbonyl (C=O) groups is 5. The number of carbonyl (C=O) groups excluding carboxylic acids is 5. The molecule has 6 atom stereocenters. The summed E-state index contributed by atoms with van der Waals surface area (Å²) in [4.78, 5) is 78.0. The van der Waals surface area contributed by atoms with Gasteiger partial charge >= 0.3 is 0 Å². The van der Waals surface area contributed by atoms with Gasteiger partial charge in [-0.25, -0.2) is 4.98 Å². The van der Waals surface area contributed by atoms with Crippen molar-refractivity contribution in [2.24, 2.45) is 23.2 Å². The molecule has 0 spiro atoms. The lowest BCUT2D eigenvalue weighted by Crippen LogP contribution is -2.61. The Balaban J connectivity index is 1.36. The molecule has 0 aromatic carbocycles. The summed E-state index contributed by atoms with van der Waals surface area (Å²) in [6.45, 7) is 12.6. The van der Waals surface area contributed by atoms with E-state index in [0.29, 0.717) is 25.1 Å². The molecule has 0 bridgehead atoms. The standard InChI is InChI=1S/C37H55N7O5/c1-6-11-27(31(45)35(48)41-25-16-17-25)40-22(2)30-26-15-10-14-24(26)21-44(30)36(49)32(37(3,4)5)43-34(47)29(23-12-8-7-9-13-23)42-33(46)28-20-38-18-19-39-28/h18-20,23-27,29-30,32,40H,2,6-17,21H2,1,3-5H3,(H,41,48)(H,42,46)(H,43,47)/t24?,26?,27?,29-,30+,32?/m0/s1. The molecule has 1 aromatic rings. The third-order valence-corrected chi connectivity index (χ3v) is 10.8. The van der Waals surface area contributed by atoms with Crippen LogP contribution in [-0.2, 0) is 19.2 Å². The number of rotatable bonds is 14. The van der Waals surface area contributed by atoms with E-state index >= 15 is 0 Å². The quantitative estimate of drug-likeness (QED) is 0.218. The van der Waals surface area contributed by atoms with Crippen molar-refractivity contribution >= 4 is 29.4 Å². The molecular weight excluding hydrogens is 622 g/mol. The monoisotopic (exact) mass is 677 g/mol. The number of Topliss-reactive ketones (excluding diaryl/α,β-unsaturated/α-hetero) is 1. The average Bonchev–Trinajstić information content (AvgIpc) is 3.65. The van der Waals surface area contributed by atoms with E-state index in [1.807, 2.05) is 32.6 Å². The van der Waals surface area contributed by atoms with Crippen LogP contribution < -0.4 is 21.3 Å². The lowest BCUT2D eigenvalue weighted by atomic mass is 9.82. The van der Waals surface area contributed by atoms with Crippen LogP contribution in [0.1, 0.15) is 115 Å². The third-order valence-electron chi connectivity index (χ3n) is 10.8. The van der Waals surface area contributed by atoms with Crippen molar-refractivity contribution in [2.45, 2.75) is 135 Å². The SMILES string of the molecule is C=C(NC(CCC)C(=O)C(=O)NC1CC1)[C@@H]1C2CCCC2CN1C(=O)C(NC(=O)[C@@H](NC(=O)c1cnccn1)C1CCCCC1)C(C)(C)C. The number of amides is 4. The Labute approximate surface area is 290 Å². The first-order valence-corrected chi connectivity index (χ1v) is 18.4. The van der Waals surface area contributed by atoms with E-state index in [0.717, 1.165) is 64.2 Å². The summed E-state index contributed by atoms with van der Waals surface area (Å²) in [6, 6.07) is -2.76. The second kappa shape index (κ2) is 15.8. The van der Waals surface area contributed by atoms with E-state index < -0.39 is 41.1 Å². The normalized spacial score (nSPS) is 24.2. The van der Waals surface area contributed by atoms with E-state index in [4.69, 9.17) is 0 Å². The van der Waals surface area contributed by atoms with Crippen LogP contribution in [0.25, 0.3) is 0 Å². The Hall–Kier alpha value is -3.83. The van der Waals surface area contributed by atoms with Gasteiger partial charge in [-0.3, -0.25) is 29.0 Å². The van der Waals surface area contributed by atoms with Gasteiger partial charge in [-0.2, -0.15) is 0 Å². The number of aromatic nitrogens is 2. The maximum atomic E-state index is 14.7. The van der Waals surface area contributed by atoms with Gasteiger partial charge in [-0.05, 0) is 68.1 Å². The number of hydrogen-bond donors (Lipinski definition) is 4. The van der Waals surface area contributed by atoms with Crippen molar-refractivity contribution in [3.63, 3.8) is 0 Å². The Morgan fingerprint density at radius 1 is 0.939 bits per heavy atom. The lowest BCUT2D eigenvalue weighted by Gasteiger charge is -2.39. The van der Waals surface area contributed by atoms with E-state index in [-0.39, 0.29) is 47.3 Å². The molecule has 3 saturated carbocycles. The summed E-state index contributed by atoms with van der Waals surface area (Å²) >= 11 is 0. The fourth-order valence-corrected chi connectivity index (χ4v) is 8.03. The van der Waals surface area contributed by atoms with Crippen molar-refractivity contribution in [1.82, 2.24) is 36.1 Å². The molecule has 4 amide bonds. The molecular formula is C37H55N7O5. The van der Waals surface area contributed by atoms with Crippen LogP contribution in [0.15, 0.2) is 30.9 Å². The van der Waals surface area contributed by atoms with Gasteiger partial charge in [0.15, 0.2) is 0 Å². The lowest BCUT2D eigenvalue weighted by molar-refractivity contribution is -0.141. The maximum absolute atomic E-state index is 14.7. The second-order valence-electron chi connectivity index (χ2n) is 15.7. The molecule has 1 saturated heterocycles. The minimum Gasteiger partial charge on any atom is -0.377 e. The van der Waals surface area contributed by atoms with Crippen LogP contribution in [0.5, 0.6) is 0 Å². The fraction of sp³-hybridized carbons (Fsp3) is 0.703. The van der Waals surface area contributed by atoms with Crippen LogP contribution in [0, 0.1) is 23.2 Å². The molecule has 5 rings (SSSR count). The molecule has 3 aliphatic carbocycles. The fourth-order valence-electron chi connectivity index (χ4n) is 8.03. The van der Waals surface area contributed by atoms with Crippen molar-refractivity contribution in [1.29, 1.82) is 0 Å². The van der Waals surface area contributed by atoms with E-state index in [1.54, 1.807) is 0 Å². The third kappa shape index (κ3) is 8.86. The zero-order chi connectivity index (χ0) is 35.3. The average molecular weight is 678 g/mol. The molecule has 12 nitrogen and oxygen atoms in total. The van der Waals surface area contributed by atoms with Crippen LogP contribution >= 0.6 is 0 Å². The molecule has 4 N–H and O–H groups in total. The van der Waals surface area contributed by atoms with Gasteiger partial charge in [-0.15, -0.1) is 0 Å². The molecule has 4 unspecified atom stereocenters. The summed E-state index contributed by atoms with van der Waals surface area (Å²) in [5.41, 5.74) is 0.0307. The highest BCUT2D eigenvalue weighted by Gasteiger charge is 2.50. The molecule has 0 radical (unpaired) electrons. The van der Waals surface area contributed by atoms with E-state index in [9.17, 15) is 24.0 Å². The zero-order valence-corrected chi connectivity index (χ0v) is 29.6. The van der Waals surface area contributed by atoms with Gasteiger partial charge in [0.2, 0.25) is 17.6 Å². The maximum Gasteiger partial charge on any atom is 0.289 e.